The number of morpholine rings is 1. The average molecular weight is 516 g/mol. The second-order valence-corrected chi connectivity index (χ2v) is 9.88. The van der Waals surface area contributed by atoms with Gasteiger partial charge in [-0.1, -0.05) is 6.07 Å². The molecular formula is C28H30FN7O2. The number of nitrogens with zero attached hydrogens (tertiary/aromatic N) is 5. The van der Waals surface area contributed by atoms with Gasteiger partial charge in [0, 0.05) is 37.5 Å². The van der Waals surface area contributed by atoms with Gasteiger partial charge in [-0.3, -0.25) is 9.20 Å². The van der Waals surface area contributed by atoms with Crippen LogP contribution in [0.1, 0.15) is 34.6 Å². The molecule has 1 amide bonds. The van der Waals surface area contributed by atoms with Crippen molar-refractivity contribution in [3.8, 4) is 11.3 Å². The molecule has 4 aromatic rings. The number of aromatic nitrogens is 3. The first-order valence-corrected chi connectivity index (χ1v) is 12.7. The molecule has 1 atom stereocenters. The van der Waals surface area contributed by atoms with E-state index < -0.39 is 0 Å². The Morgan fingerprint density at radius 2 is 1.97 bits per heavy atom. The molecule has 2 N–H and O–H groups in total. The molecule has 9 nitrogen and oxygen atoms in total. The summed E-state index contributed by atoms with van der Waals surface area (Å²) >= 11 is 0. The van der Waals surface area contributed by atoms with E-state index >= 15 is 0 Å². The quantitative estimate of drug-likeness (QED) is 0.402. The van der Waals surface area contributed by atoms with E-state index in [-0.39, 0.29) is 17.8 Å². The molecule has 6 rings (SSSR count). The summed E-state index contributed by atoms with van der Waals surface area (Å²) in [7, 11) is 4.08. The summed E-state index contributed by atoms with van der Waals surface area (Å²) in [5.41, 5.74) is 6.41. The summed E-state index contributed by atoms with van der Waals surface area (Å²) < 4.78 is 21.1. The minimum atomic E-state index is -0.341. The Bertz CT molecular complexity index is 1530. The van der Waals surface area contributed by atoms with Gasteiger partial charge in [0.2, 0.25) is 0 Å². The van der Waals surface area contributed by atoms with Gasteiger partial charge in [-0.05, 0) is 50.8 Å². The smallest absolute Gasteiger partial charge is 0.254 e. The molecular weight excluding hydrogens is 485 g/mol. The van der Waals surface area contributed by atoms with Gasteiger partial charge in [-0.2, -0.15) is 0 Å². The largest absolute Gasteiger partial charge is 0.378 e. The van der Waals surface area contributed by atoms with Crippen LogP contribution >= 0.6 is 0 Å². The van der Waals surface area contributed by atoms with Crippen molar-refractivity contribution in [1.82, 2.24) is 24.6 Å². The third kappa shape index (κ3) is 4.25. The molecule has 1 aromatic carbocycles. The zero-order valence-electron chi connectivity index (χ0n) is 21.7. The Labute approximate surface area is 220 Å². The second-order valence-electron chi connectivity index (χ2n) is 9.88. The van der Waals surface area contributed by atoms with Crippen LogP contribution in [0.25, 0.3) is 16.9 Å². The van der Waals surface area contributed by atoms with E-state index in [9.17, 15) is 9.18 Å². The Hall–Kier alpha value is -4.02. The maximum atomic E-state index is 13.7. The van der Waals surface area contributed by atoms with Crippen LogP contribution in [0.3, 0.4) is 0 Å². The van der Waals surface area contributed by atoms with Gasteiger partial charge >= 0.3 is 0 Å². The molecule has 0 unspecified atom stereocenters. The molecule has 1 fully saturated rings. The fraction of sp³-hybridized carbons (Fsp3) is 0.321. The summed E-state index contributed by atoms with van der Waals surface area (Å²) in [5, 5.41) is 6.36. The predicted molar refractivity (Wildman–Crippen MR) is 144 cm³/mol. The maximum absolute atomic E-state index is 13.7. The minimum Gasteiger partial charge on any atom is -0.378 e. The second kappa shape index (κ2) is 9.70. The Morgan fingerprint density at radius 3 is 2.76 bits per heavy atom. The van der Waals surface area contributed by atoms with Gasteiger partial charge in [-0.25, -0.2) is 14.4 Å². The van der Waals surface area contributed by atoms with Gasteiger partial charge in [-0.15, -0.1) is 0 Å². The highest BCUT2D eigenvalue weighted by molar-refractivity contribution is 6.06. The summed E-state index contributed by atoms with van der Waals surface area (Å²) in [4.78, 5) is 26.8. The number of imidazole rings is 1. The number of fused-ring (bicyclic) bond motifs is 2. The van der Waals surface area contributed by atoms with E-state index in [1.54, 1.807) is 12.4 Å². The van der Waals surface area contributed by atoms with Crippen molar-refractivity contribution in [3.05, 3.63) is 71.4 Å². The minimum absolute atomic E-state index is 0.0889. The van der Waals surface area contributed by atoms with Crippen LogP contribution < -0.4 is 15.5 Å². The maximum Gasteiger partial charge on any atom is 0.254 e. The third-order valence-electron chi connectivity index (χ3n) is 7.40. The Balaban J connectivity index is 1.38. The van der Waals surface area contributed by atoms with Crippen LogP contribution in [0.5, 0.6) is 0 Å². The van der Waals surface area contributed by atoms with Crippen molar-refractivity contribution in [3.63, 3.8) is 0 Å². The van der Waals surface area contributed by atoms with E-state index in [4.69, 9.17) is 9.72 Å². The Morgan fingerprint density at radius 1 is 1.16 bits per heavy atom. The van der Waals surface area contributed by atoms with Crippen molar-refractivity contribution in [2.45, 2.75) is 19.5 Å². The van der Waals surface area contributed by atoms with Crippen molar-refractivity contribution < 1.29 is 13.9 Å². The number of halogens is 1. The number of benzene rings is 1. The monoisotopic (exact) mass is 515 g/mol. The molecule has 2 aliphatic heterocycles. The molecule has 3 aromatic heterocycles. The summed E-state index contributed by atoms with van der Waals surface area (Å²) in [6, 6.07) is 10.8. The molecule has 2 aliphatic rings. The number of amides is 1. The lowest BCUT2D eigenvalue weighted by Crippen LogP contribution is -2.37. The molecule has 0 radical (unpaired) electrons. The highest BCUT2D eigenvalue weighted by atomic mass is 19.1. The number of carbonyl (C=O) groups is 1. The number of pyridine rings is 2. The lowest BCUT2D eigenvalue weighted by atomic mass is 9.99. The Kier molecular flexibility index (Phi) is 6.21. The van der Waals surface area contributed by atoms with Crippen LogP contribution in [0.15, 0.2) is 48.8 Å². The molecule has 10 heteroatoms. The van der Waals surface area contributed by atoms with Crippen LogP contribution in [0.4, 0.5) is 21.6 Å². The molecule has 0 saturated carbocycles. The lowest BCUT2D eigenvalue weighted by molar-refractivity contribution is 0.0966. The van der Waals surface area contributed by atoms with Gasteiger partial charge in [0.25, 0.3) is 5.91 Å². The van der Waals surface area contributed by atoms with Crippen molar-refractivity contribution in [2.75, 3.05) is 50.6 Å². The molecule has 0 aliphatic carbocycles. The number of carbonyl (C=O) groups excluding carboxylic acids is 1. The van der Waals surface area contributed by atoms with Crippen LogP contribution in [-0.4, -0.2) is 65.6 Å². The third-order valence-corrected chi connectivity index (χ3v) is 7.40. The molecule has 1 saturated heterocycles. The van der Waals surface area contributed by atoms with Crippen LogP contribution in [0.2, 0.25) is 0 Å². The number of rotatable bonds is 6. The zero-order chi connectivity index (χ0) is 26.4. The molecule has 0 spiro atoms. The number of hydrogen-bond donors (Lipinski definition) is 2. The standard InChI is InChI=1S/C28H30FN7O2/c1-17(34(2)3)27-22(35-10-12-38-13-11-35)6-7-24(33-27)32-21-5-4-19(20-15-31-28(37)26(20)21)23-16-30-25-14-18(29)8-9-36(23)25/h4-9,14,16-17H,10-13,15H2,1-3H3,(H,31,37)(H,32,33)/t17-/m0/s1. The predicted octanol–water partition coefficient (Wildman–Crippen LogP) is 3.98. The fourth-order valence-corrected chi connectivity index (χ4v) is 5.15. The summed E-state index contributed by atoms with van der Waals surface area (Å²) in [6.07, 6.45) is 3.37. The normalized spacial score (nSPS) is 16.1. The topological polar surface area (TPSA) is 87.0 Å². The summed E-state index contributed by atoms with van der Waals surface area (Å²) in [5.74, 6) is 0.188. The van der Waals surface area contributed by atoms with Gasteiger partial charge < -0.3 is 25.2 Å². The highest BCUT2D eigenvalue weighted by Crippen LogP contribution is 2.36. The fourth-order valence-electron chi connectivity index (χ4n) is 5.15. The highest BCUT2D eigenvalue weighted by Gasteiger charge is 2.28. The first kappa shape index (κ1) is 24.3. The van der Waals surface area contributed by atoms with E-state index in [0.717, 1.165) is 41.3 Å². The number of anilines is 3. The van der Waals surface area contributed by atoms with Crippen molar-refractivity contribution >= 4 is 28.7 Å². The molecule has 196 valence electrons. The molecule has 38 heavy (non-hydrogen) atoms. The average Bonchev–Trinajstić information content (AvgIpc) is 3.52. The molecule has 0 bridgehead atoms. The zero-order valence-corrected chi connectivity index (χ0v) is 21.7. The van der Waals surface area contributed by atoms with Gasteiger partial charge in [0.1, 0.15) is 17.3 Å². The number of hydrogen-bond acceptors (Lipinski definition) is 7. The SMILES string of the molecule is C[C@@H](c1nc(Nc2ccc(-c3cnc4cc(F)ccn34)c3c2C(=O)NC3)ccc1N1CCOCC1)N(C)C. The first-order valence-electron chi connectivity index (χ1n) is 12.7. The lowest BCUT2D eigenvalue weighted by Gasteiger charge is -2.32. The van der Waals surface area contributed by atoms with E-state index in [1.165, 1.54) is 12.1 Å². The summed E-state index contributed by atoms with van der Waals surface area (Å²) in [6.45, 7) is 5.59. The molecule has 5 heterocycles. The van der Waals surface area contributed by atoms with E-state index in [2.05, 4.69) is 38.4 Å². The van der Waals surface area contributed by atoms with Crippen LogP contribution in [-0.2, 0) is 11.3 Å². The number of nitrogens with one attached hydrogen (secondary N) is 2. The van der Waals surface area contributed by atoms with Gasteiger partial charge in [0.15, 0.2) is 0 Å². The first-order chi connectivity index (χ1) is 18.4. The van der Waals surface area contributed by atoms with Crippen molar-refractivity contribution in [2.24, 2.45) is 0 Å². The number of ether oxygens (including phenoxy) is 1. The van der Waals surface area contributed by atoms with E-state index in [0.29, 0.717) is 42.5 Å². The van der Waals surface area contributed by atoms with E-state index in [1.807, 2.05) is 36.7 Å². The van der Waals surface area contributed by atoms with Gasteiger partial charge in [0.05, 0.1) is 53.8 Å². The van der Waals surface area contributed by atoms with Crippen molar-refractivity contribution in [1.29, 1.82) is 0 Å². The van der Waals surface area contributed by atoms with Crippen LogP contribution in [0, 0.1) is 5.82 Å².